The summed E-state index contributed by atoms with van der Waals surface area (Å²) in [6.07, 6.45) is 7.25. The van der Waals surface area contributed by atoms with Gasteiger partial charge in [-0.1, -0.05) is 45.0 Å². The van der Waals surface area contributed by atoms with Crippen molar-refractivity contribution in [1.29, 1.82) is 0 Å². The van der Waals surface area contributed by atoms with Gasteiger partial charge in [0.15, 0.2) is 0 Å². The van der Waals surface area contributed by atoms with Crippen molar-refractivity contribution in [2.24, 2.45) is 5.10 Å². The molecule has 0 radical (unpaired) electrons. The van der Waals surface area contributed by atoms with E-state index in [0.717, 1.165) is 41.6 Å². The molecule has 1 aliphatic carbocycles. The minimum Gasteiger partial charge on any atom is -0.289 e. The topological polar surface area (TPSA) is 76.3 Å². The van der Waals surface area contributed by atoms with Gasteiger partial charge in [0, 0.05) is 4.88 Å². The van der Waals surface area contributed by atoms with Crippen LogP contribution in [0.5, 0.6) is 0 Å². The van der Waals surface area contributed by atoms with E-state index in [1.807, 2.05) is 12.1 Å². The fraction of sp³-hybridized carbons (Fsp3) is 0.391. The van der Waals surface area contributed by atoms with E-state index < -0.39 is 0 Å². The van der Waals surface area contributed by atoms with Crippen LogP contribution >= 0.6 is 11.3 Å². The van der Waals surface area contributed by atoms with Gasteiger partial charge in [0.25, 0.3) is 11.5 Å². The Morgan fingerprint density at radius 2 is 1.97 bits per heavy atom. The quantitative estimate of drug-likeness (QED) is 0.513. The van der Waals surface area contributed by atoms with Gasteiger partial charge in [0.2, 0.25) is 0 Å². The highest BCUT2D eigenvalue weighted by atomic mass is 32.1. The van der Waals surface area contributed by atoms with Crippen LogP contribution in [0, 0.1) is 0 Å². The number of amides is 1. The van der Waals surface area contributed by atoms with Crippen molar-refractivity contribution in [3.8, 4) is 0 Å². The van der Waals surface area contributed by atoms with Gasteiger partial charge in [-0.3, -0.25) is 14.2 Å². The van der Waals surface area contributed by atoms with Gasteiger partial charge in [-0.25, -0.2) is 10.4 Å². The van der Waals surface area contributed by atoms with Crippen molar-refractivity contribution in [3.05, 3.63) is 62.5 Å². The van der Waals surface area contributed by atoms with Gasteiger partial charge >= 0.3 is 0 Å². The molecule has 1 aliphatic rings. The summed E-state index contributed by atoms with van der Waals surface area (Å²) >= 11 is 1.61. The number of carbonyl (C=O) groups excluding carboxylic acids is 1. The molecule has 2 heterocycles. The predicted molar refractivity (Wildman–Crippen MR) is 121 cm³/mol. The van der Waals surface area contributed by atoms with Gasteiger partial charge in [-0.15, -0.1) is 11.3 Å². The van der Waals surface area contributed by atoms with Gasteiger partial charge < -0.3 is 0 Å². The number of hydrogen-bond donors (Lipinski definition) is 1. The SMILES string of the molecule is CC(C)(C)c1ccc(C=NNC(=O)Cn2cnc3sc4c(c3c2=O)CCCC4)cc1. The third kappa shape index (κ3) is 4.21. The summed E-state index contributed by atoms with van der Waals surface area (Å²) in [5, 5.41) is 4.71. The Hall–Kier alpha value is -2.80. The number of nitrogens with zero attached hydrogens (tertiary/aromatic N) is 3. The zero-order valence-electron chi connectivity index (χ0n) is 17.6. The molecule has 0 spiro atoms. The first-order chi connectivity index (χ1) is 14.3. The van der Waals surface area contributed by atoms with E-state index >= 15 is 0 Å². The Morgan fingerprint density at radius 3 is 2.70 bits per heavy atom. The average Bonchev–Trinajstić information content (AvgIpc) is 3.09. The molecule has 0 bridgehead atoms. The Balaban J connectivity index is 1.44. The second-order valence-electron chi connectivity index (χ2n) is 8.73. The maximum atomic E-state index is 12.9. The third-order valence-corrected chi connectivity index (χ3v) is 6.64. The third-order valence-electron chi connectivity index (χ3n) is 5.44. The second kappa shape index (κ2) is 8.14. The van der Waals surface area contributed by atoms with Crippen LogP contribution in [0.4, 0.5) is 0 Å². The number of aryl methyl sites for hydroxylation is 2. The van der Waals surface area contributed by atoms with Gasteiger partial charge in [0.05, 0.1) is 17.9 Å². The summed E-state index contributed by atoms with van der Waals surface area (Å²) in [5.74, 6) is -0.357. The number of hydrazone groups is 1. The maximum absolute atomic E-state index is 12.9. The molecule has 4 rings (SSSR count). The molecule has 1 aromatic carbocycles. The minimum atomic E-state index is -0.357. The lowest BCUT2D eigenvalue weighted by Gasteiger charge is -2.18. The molecule has 156 valence electrons. The summed E-state index contributed by atoms with van der Waals surface area (Å²) in [5.41, 5.74) is 5.71. The molecule has 0 atom stereocenters. The summed E-state index contributed by atoms with van der Waals surface area (Å²) in [4.78, 5) is 31.7. The van der Waals surface area contributed by atoms with Crippen molar-refractivity contribution in [1.82, 2.24) is 15.0 Å². The highest BCUT2D eigenvalue weighted by Gasteiger charge is 2.20. The molecule has 30 heavy (non-hydrogen) atoms. The molecule has 0 saturated heterocycles. The number of carbonyl (C=O) groups is 1. The second-order valence-corrected chi connectivity index (χ2v) is 9.82. The minimum absolute atomic E-state index is 0.0913. The van der Waals surface area contributed by atoms with Crippen LogP contribution in [0.2, 0.25) is 0 Å². The zero-order chi connectivity index (χ0) is 21.3. The smallest absolute Gasteiger partial charge is 0.262 e. The Bertz CT molecular complexity index is 1170. The lowest BCUT2D eigenvalue weighted by molar-refractivity contribution is -0.121. The van der Waals surface area contributed by atoms with Crippen LogP contribution in [0.25, 0.3) is 10.2 Å². The standard InChI is InChI=1S/C23H26N4O2S/c1-23(2,3)16-10-8-15(9-11-16)12-25-26-19(28)13-27-14-24-21-20(22(27)29)17-6-4-5-7-18(17)30-21/h8-12,14H,4-7,13H2,1-3H3,(H,26,28). The van der Waals surface area contributed by atoms with Crippen molar-refractivity contribution in [2.75, 3.05) is 0 Å². The number of benzene rings is 1. The highest BCUT2D eigenvalue weighted by molar-refractivity contribution is 7.18. The van der Waals surface area contributed by atoms with Crippen molar-refractivity contribution in [3.63, 3.8) is 0 Å². The highest BCUT2D eigenvalue weighted by Crippen LogP contribution is 2.33. The Labute approximate surface area is 179 Å². The zero-order valence-corrected chi connectivity index (χ0v) is 18.4. The first kappa shape index (κ1) is 20.5. The van der Waals surface area contributed by atoms with E-state index in [0.29, 0.717) is 5.39 Å². The molecule has 0 aliphatic heterocycles. The molecule has 1 amide bonds. The maximum Gasteiger partial charge on any atom is 0.262 e. The Kier molecular flexibility index (Phi) is 5.56. The number of fused-ring (bicyclic) bond motifs is 3. The number of aromatic nitrogens is 2. The van der Waals surface area contributed by atoms with E-state index in [2.05, 4.69) is 48.4 Å². The molecule has 0 saturated carbocycles. The number of hydrogen-bond acceptors (Lipinski definition) is 5. The fourth-order valence-electron chi connectivity index (χ4n) is 3.73. The lowest BCUT2D eigenvalue weighted by atomic mass is 9.87. The summed E-state index contributed by atoms with van der Waals surface area (Å²) in [6, 6.07) is 8.06. The fourth-order valence-corrected chi connectivity index (χ4v) is 4.95. The van der Waals surface area contributed by atoms with Crippen LogP contribution in [0.1, 0.15) is 55.2 Å². The molecule has 0 unspecified atom stereocenters. The summed E-state index contributed by atoms with van der Waals surface area (Å²) < 4.78 is 1.37. The van der Waals surface area contributed by atoms with E-state index in [-0.39, 0.29) is 23.4 Å². The number of thiophene rings is 1. The predicted octanol–water partition coefficient (Wildman–Crippen LogP) is 3.78. The van der Waals surface area contributed by atoms with Gasteiger partial charge in [-0.05, 0) is 47.8 Å². The van der Waals surface area contributed by atoms with Gasteiger partial charge in [0.1, 0.15) is 11.4 Å². The molecule has 6 nitrogen and oxygen atoms in total. The van der Waals surface area contributed by atoms with Gasteiger partial charge in [-0.2, -0.15) is 5.10 Å². The van der Waals surface area contributed by atoms with Crippen LogP contribution < -0.4 is 11.0 Å². The van der Waals surface area contributed by atoms with Crippen LogP contribution in [-0.4, -0.2) is 21.7 Å². The van der Waals surface area contributed by atoms with Crippen LogP contribution in [0.3, 0.4) is 0 Å². The molecule has 3 aromatic rings. The molecule has 0 fully saturated rings. The summed E-state index contributed by atoms with van der Waals surface area (Å²) in [7, 11) is 0. The van der Waals surface area contributed by atoms with Crippen LogP contribution in [-0.2, 0) is 29.6 Å². The summed E-state index contributed by atoms with van der Waals surface area (Å²) in [6.45, 7) is 6.38. The molecular formula is C23H26N4O2S. The van der Waals surface area contributed by atoms with E-state index in [4.69, 9.17) is 0 Å². The van der Waals surface area contributed by atoms with Crippen molar-refractivity contribution >= 4 is 33.7 Å². The largest absolute Gasteiger partial charge is 0.289 e. The number of nitrogens with one attached hydrogen (secondary N) is 1. The number of rotatable bonds is 4. The van der Waals surface area contributed by atoms with E-state index in [9.17, 15) is 9.59 Å². The van der Waals surface area contributed by atoms with E-state index in [1.165, 1.54) is 21.3 Å². The van der Waals surface area contributed by atoms with Crippen molar-refractivity contribution < 1.29 is 4.79 Å². The lowest BCUT2D eigenvalue weighted by Crippen LogP contribution is -2.30. The normalized spacial score (nSPS) is 14.2. The van der Waals surface area contributed by atoms with Crippen molar-refractivity contribution in [2.45, 2.75) is 58.4 Å². The molecule has 7 heteroatoms. The monoisotopic (exact) mass is 422 g/mol. The first-order valence-corrected chi connectivity index (χ1v) is 11.1. The average molecular weight is 423 g/mol. The molecule has 2 aromatic heterocycles. The van der Waals surface area contributed by atoms with Crippen LogP contribution in [0.15, 0.2) is 40.5 Å². The molecular weight excluding hydrogens is 396 g/mol. The van der Waals surface area contributed by atoms with E-state index in [1.54, 1.807) is 17.6 Å². The Morgan fingerprint density at radius 1 is 1.23 bits per heavy atom. The first-order valence-electron chi connectivity index (χ1n) is 10.2. The molecule has 1 N–H and O–H groups in total.